The molecule has 0 fully saturated rings. The summed E-state index contributed by atoms with van der Waals surface area (Å²) in [5.41, 5.74) is 3.37. The maximum absolute atomic E-state index is 13.2. The van der Waals surface area contributed by atoms with Crippen molar-refractivity contribution in [3.63, 3.8) is 0 Å². The number of carbonyl (C=O) groups is 1. The van der Waals surface area contributed by atoms with Crippen LogP contribution < -0.4 is 5.32 Å². The third kappa shape index (κ3) is 2.50. The van der Waals surface area contributed by atoms with E-state index in [1.165, 1.54) is 12.1 Å². The quantitative estimate of drug-likeness (QED) is 0.575. The average Bonchev–Trinajstić information content (AvgIpc) is 2.99. The highest BCUT2D eigenvalue weighted by Gasteiger charge is 2.13. The molecule has 0 atom stereocenters. The summed E-state index contributed by atoms with van der Waals surface area (Å²) < 4.78 is 13.2. The van der Waals surface area contributed by atoms with E-state index in [0.717, 1.165) is 27.5 Å². The van der Waals surface area contributed by atoms with Crippen LogP contribution in [0.1, 0.15) is 16.2 Å². The van der Waals surface area contributed by atoms with E-state index in [1.807, 2.05) is 31.2 Å². The number of carbonyl (C=O) groups excluding carboxylic acids is 1. The molecule has 2 aromatic heterocycles. The first-order valence-corrected chi connectivity index (χ1v) is 7.56. The Balaban J connectivity index is 1.75. The van der Waals surface area contributed by atoms with E-state index in [-0.39, 0.29) is 5.91 Å². The van der Waals surface area contributed by atoms with Gasteiger partial charge in [0.1, 0.15) is 11.5 Å². The van der Waals surface area contributed by atoms with Crippen LogP contribution in [0.5, 0.6) is 0 Å². The lowest BCUT2D eigenvalue weighted by Gasteiger charge is -2.03. The summed E-state index contributed by atoms with van der Waals surface area (Å²) in [5.74, 6) is -0.762. The Bertz CT molecular complexity index is 1080. The van der Waals surface area contributed by atoms with Crippen LogP contribution in [-0.4, -0.2) is 15.9 Å². The Morgan fingerprint density at radius 2 is 1.88 bits per heavy atom. The molecule has 4 rings (SSSR count). The van der Waals surface area contributed by atoms with Gasteiger partial charge in [0, 0.05) is 22.2 Å². The van der Waals surface area contributed by atoms with Crippen LogP contribution in [0, 0.1) is 12.7 Å². The summed E-state index contributed by atoms with van der Waals surface area (Å²) in [6.45, 7) is 1.97. The normalized spacial score (nSPS) is 11.1. The van der Waals surface area contributed by atoms with Crippen LogP contribution in [0.25, 0.3) is 21.8 Å². The number of benzene rings is 2. The van der Waals surface area contributed by atoms with Crippen molar-refractivity contribution < 1.29 is 9.18 Å². The molecule has 2 aromatic carbocycles. The molecule has 0 aliphatic heterocycles. The molecule has 0 aliphatic rings. The summed E-state index contributed by atoms with van der Waals surface area (Å²) in [5, 5.41) is 4.58. The molecule has 0 saturated carbocycles. The van der Waals surface area contributed by atoms with Gasteiger partial charge >= 0.3 is 0 Å². The van der Waals surface area contributed by atoms with Crippen molar-refractivity contribution in [1.29, 1.82) is 0 Å². The molecule has 2 N–H and O–H groups in total. The largest absolute Gasteiger partial charge is 0.357 e. The fourth-order valence-corrected chi connectivity index (χ4v) is 2.76. The predicted octanol–water partition coefficient (Wildman–Crippen LogP) is 4.42. The first-order valence-electron chi connectivity index (χ1n) is 7.56. The number of anilines is 1. The number of nitrogens with one attached hydrogen (secondary N) is 2. The number of aryl methyl sites for hydroxylation is 1. The zero-order chi connectivity index (χ0) is 16.7. The molecule has 0 radical (unpaired) electrons. The lowest BCUT2D eigenvalue weighted by atomic mass is 10.1. The van der Waals surface area contributed by atoms with Crippen LogP contribution >= 0.6 is 0 Å². The van der Waals surface area contributed by atoms with Crippen molar-refractivity contribution in [1.82, 2.24) is 9.97 Å². The maximum Gasteiger partial charge on any atom is 0.274 e. The van der Waals surface area contributed by atoms with Crippen LogP contribution in [0.2, 0.25) is 0 Å². The number of H-pyrrole nitrogens is 1. The number of halogens is 1. The van der Waals surface area contributed by atoms with E-state index in [1.54, 1.807) is 18.2 Å². The van der Waals surface area contributed by atoms with Gasteiger partial charge in [-0.05, 0) is 37.3 Å². The molecule has 4 aromatic rings. The molecule has 0 spiro atoms. The molecule has 0 unspecified atom stereocenters. The fourth-order valence-electron chi connectivity index (χ4n) is 2.76. The molecule has 2 heterocycles. The summed E-state index contributed by atoms with van der Waals surface area (Å²) in [6.07, 6.45) is 0. The van der Waals surface area contributed by atoms with Gasteiger partial charge in [-0.3, -0.25) is 4.79 Å². The van der Waals surface area contributed by atoms with E-state index in [0.29, 0.717) is 11.4 Å². The molecule has 0 bridgehead atoms. The second-order valence-corrected chi connectivity index (χ2v) is 5.71. The minimum absolute atomic E-state index is 0.302. The van der Waals surface area contributed by atoms with Crippen molar-refractivity contribution in [3.8, 4) is 0 Å². The number of amides is 1. The predicted molar refractivity (Wildman–Crippen MR) is 92.7 cm³/mol. The van der Waals surface area contributed by atoms with Gasteiger partial charge in [-0.1, -0.05) is 24.3 Å². The third-order valence-corrected chi connectivity index (χ3v) is 3.92. The lowest BCUT2D eigenvalue weighted by molar-refractivity contribution is 0.102. The van der Waals surface area contributed by atoms with Crippen molar-refractivity contribution >= 4 is 33.4 Å². The van der Waals surface area contributed by atoms with Crippen molar-refractivity contribution in [2.24, 2.45) is 0 Å². The smallest absolute Gasteiger partial charge is 0.274 e. The minimum atomic E-state index is -0.399. The zero-order valence-electron chi connectivity index (χ0n) is 12.9. The van der Waals surface area contributed by atoms with Crippen LogP contribution in [-0.2, 0) is 0 Å². The van der Waals surface area contributed by atoms with Crippen molar-refractivity contribution in [2.45, 2.75) is 6.92 Å². The van der Waals surface area contributed by atoms with E-state index in [9.17, 15) is 9.18 Å². The number of aromatic amines is 1. The molecular weight excluding hydrogens is 305 g/mol. The minimum Gasteiger partial charge on any atom is -0.357 e. The summed E-state index contributed by atoms with van der Waals surface area (Å²) in [4.78, 5) is 20.2. The van der Waals surface area contributed by atoms with Gasteiger partial charge in [-0.15, -0.1) is 0 Å². The zero-order valence-corrected chi connectivity index (χ0v) is 12.9. The summed E-state index contributed by atoms with van der Waals surface area (Å²) in [7, 11) is 0. The van der Waals surface area contributed by atoms with Crippen LogP contribution in [0.15, 0.2) is 54.6 Å². The second-order valence-electron chi connectivity index (χ2n) is 5.71. The van der Waals surface area contributed by atoms with E-state index >= 15 is 0 Å². The Morgan fingerprint density at radius 1 is 1.08 bits per heavy atom. The third-order valence-electron chi connectivity index (χ3n) is 3.92. The van der Waals surface area contributed by atoms with E-state index in [2.05, 4.69) is 15.3 Å². The molecular formula is C19H14FN3O. The van der Waals surface area contributed by atoms with Crippen LogP contribution in [0.4, 0.5) is 10.1 Å². The Hall–Kier alpha value is -3.21. The number of rotatable bonds is 2. The number of fused-ring (bicyclic) bond motifs is 3. The van der Waals surface area contributed by atoms with Gasteiger partial charge in [-0.25, -0.2) is 9.37 Å². The molecule has 118 valence electrons. The van der Waals surface area contributed by atoms with Gasteiger partial charge in [-0.2, -0.15) is 0 Å². The highest BCUT2D eigenvalue weighted by Crippen LogP contribution is 2.25. The van der Waals surface area contributed by atoms with E-state index in [4.69, 9.17) is 0 Å². The first kappa shape index (κ1) is 14.4. The molecule has 4 nitrogen and oxygen atoms in total. The Morgan fingerprint density at radius 3 is 2.71 bits per heavy atom. The number of aromatic nitrogens is 2. The molecule has 0 saturated heterocycles. The van der Waals surface area contributed by atoms with Crippen LogP contribution in [0.3, 0.4) is 0 Å². The Kier molecular flexibility index (Phi) is 3.27. The summed E-state index contributed by atoms with van der Waals surface area (Å²) in [6, 6.07) is 15.5. The first-order chi connectivity index (χ1) is 11.6. The standard InChI is InChI=1S/C19H14FN3O/c1-11-5-6-12-7-8-13-9-16(23-18(13)17(12)21-11)19(24)22-15-4-2-3-14(20)10-15/h2-10,21H,1H3,(H,22,24). The van der Waals surface area contributed by atoms with Gasteiger partial charge in [0.05, 0.1) is 11.0 Å². The highest BCUT2D eigenvalue weighted by atomic mass is 19.1. The van der Waals surface area contributed by atoms with Crippen molar-refractivity contribution in [2.75, 3.05) is 5.32 Å². The van der Waals surface area contributed by atoms with E-state index < -0.39 is 5.82 Å². The average molecular weight is 319 g/mol. The molecule has 24 heavy (non-hydrogen) atoms. The lowest BCUT2D eigenvalue weighted by Crippen LogP contribution is -2.12. The number of pyridine rings is 1. The molecule has 0 aliphatic carbocycles. The second kappa shape index (κ2) is 5.45. The van der Waals surface area contributed by atoms with Gasteiger partial charge in [0.2, 0.25) is 0 Å². The Labute approximate surface area is 137 Å². The number of hydrogen-bond donors (Lipinski definition) is 2. The SMILES string of the molecule is Cc1ccc2ccc3cc(C(=O)Nc4cccc(F)c4)nc3c2[nH]1. The molecule has 5 heteroatoms. The number of nitrogens with zero attached hydrogens (tertiary/aromatic N) is 1. The molecule has 1 amide bonds. The highest BCUT2D eigenvalue weighted by molar-refractivity contribution is 6.10. The maximum atomic E-state index is 13.2. The monoisotopic (exact) mass is 319 g/mol. The topological polar surface area (TPSA) is 57.8 Å². The fraction of sp³-hybridized carbons (Fsp3) is 0.0526. The van der Waals surface area contributed by atoms with Gasteiger partial charge in [0.15, 0.2) is 0 Å². The van der Waals surface area contributed by atoms with Gasteiger partial charge in [0.25, 0.3) is 5.91 Å². The van der Waals surface area contributed by atoms with Crippen molar-refractivity contribution in [3.05, 3.63) is 71.8 Å². The summed E-state index contributed by atoms with van der Waals surface area (Å²) >= 11 is 0. The number of hydrogen-bond acceptors (Lipinski definition) is 2. The van der Waals surface area contributed by atoms with Gasteiger partial charge < -0.3 is 10.3 Å².